The van der Waals surface area contributed by atoms with Crippen LogP contribution in [0.5, 0.6) is 0 Å². The van der Waals surface area contributed by atoms with Gasteiger partial charge in [0.2, 0.25) is 0 Å². The van der Waals surface area contributed by atoms with E-state index in [1.165, 1.54) is 12.1 Å². The summed E-state index contributed by atoms with van der Waals surface area (Å²) in [5.41, 5.74) is 8.02. The summed E-state index contributed by atoms with van der Waals surface area (Å²) in [6, 6.07) is 0. The van der Waals surface area contributed by atoms with E-state index in [2.05, 4.69) is 25.9 Å². The van der Waals surface area contributed by atoms with Crippen molar-refractivity contribution in [3.63, 3.8) is 0 Å². The Morgan fingerprint density at radius 3 is 2.81 bits per heavy atom. The summed E-state index contributed by atoms with van der Waals surface area (Å²) in [5.74, 6) is 0.674. The largest absolute Gasteiger partial charge is 0.330 e. The molecule has 2 rings (SSSR count). The van der Waals surface area contributed by atoms with Crippen molar-refractivity contribution in [2.24, 2.45) is 18.7 Å². The molecule has 4 nitrogen and oxygen atoms in total. The molecular weight excluding hydrogens is 268 g/mol. The van der Waals surface area contributed by atoms with Gasteiger partial charge >= 0.3 is 0 Å². The second kappa shape index (κ2) is 4.85. The lowest BCUT2D eigenvalue weighted by Crippen LogP contribution is -2.24. The number of hydrogen-bond donors (Lipinski definition) is 1. The number of halogens is 1. The molecule has 90 valence electrons. The van der Waals surface area contributed by atoms with Crippen molar-refractivity contribution in [2.45, 2.75) is 19.9 Å². The summed E-state index contributed by atoms with van der Waals surface area (Å²) < 4.78 is 3.11. The third-order valence-electron chi connectivity index (χ3n) is 3.34. The fourth-order valence-electron chi connectivity index (χ4n) is 2.31. The maximum absolute atomic E-state index is 5.70. The highest BCUT2D eigenvalue weighted by Crippen LogP contribution is 2.24. The molecule has 0 bridgehead atoms. The Kier molecular flexibility index (Phi) is 3.66. The van der Waals surface area contributed by atoms with E-state index in [1.54, 1.807) is 0 Å². The van der Waals surface area contributed by atoms with Crippen LogP contribution in [0.2, 0.25) is 0 Å². The molecular formula is C11H19BrN4. The molecule has 2 heterocycles. The number of aromatic nitrogens is 2. The van der Waals surface area contributed by atoms with Crippen LogP contribution in [-0.2, 0) is 13.6 Å². The van der Waals surface area contributed by atoms with E-state index in [1.807, 2.05) is 18.7 Å². The van der Waals surface area contributed by atoms with Gasteiger partial charge in [0.25, 0.3) is 0 Å². The molecule has 1 atom stereocenters. The third kappa shape index (κ3) is 2.31. The normalized spacial score (nSPS) is 21.9. The number of likely N-dealkylation sites (tertiary alicyclic amines) is 1. The average Bonchev–Trinajstić information content (AvgIpc) is 2.80. The summed E-state index contributed by atoms with van der Waals surface area (Å²) in [5, 5.41) is 4.41. The van der Waals surface area contributed by atoms with Crippen LogP contribution in [0, 0.1) is 12.8 Å². The first kappa shape index (κ1) is 12.1. The van der Waals surface area contributed by atoms with Crippen LogP contribution in [0.4, 0.5) is 0 Å². The van der Waals surface area contributed by atoms with Gasteiger partial charge in [-0.3, -0.25) is 9.58 Å². The lowest BCUT2D eigenvalue weighted by Gasteiger charge is -2.16. The lowest BCUT2D eigenvalue weighted by molar-refractivity contribution is 0.308. The fraction of sp³-hybridized carbons (Fsp3) is 0.727. The van der Waals surface area contributed by atoms with Crippen molar-refractivity contribution in [1.29, 1.82) is 0 Å². The third-order valence-corrected chi connectivity index (χ3v) is 4.37. The minimum Gasteiger partial charge on any atom is -0.330 e. The predicted octanol–water partition coefficient (Wildman–Crippen LogP) is 1.27. The van der Waals surface area contributed by atoms with Gasteiger partial charge in [-0.15, -0.1) is 0 Å². The Morgan fingerprint density at radius 2 is 2.31 bits per heavy atom. The van der Waals surface area contributed by atoms with Crippen molar-refractivity contribution < 1.29 is 0 Å². The van der Waals surface area contributed by atoms with Crippen molar-refractivity contribution in [1.82, 2.24) is 14.7 Å². The zero-order valence-corrected chi connectivity index (χ0v) is 11.5. The first-order chi connectivity index (χ1) is 7.61. The van der Waals surface area contributed by atoms with Crippen LogP contribution >= 0.6 is 15.9 Å². The van der Waals surface area contributed by atoms with Crippen LogP contribution in [0.15, 0.2) is 4.47 Å². The fourth-order valence-corrected chi connectivity index (χ4v) is 2.77. The summed E-state index contributed by atoms with van der Waals surface area (Å²) in [7, 11) is 2.00. The first-order valence-electron chi connectivity index (χ1n) is 5.72. The molecule has 0 spiro atoms. The monoisotopic (exact) mass is 286 g/mol. The van der Waals surface area contributed by atoms with E-state index >= 15 is 0 Å². The summed E-state index contributed by atoms with van der Waals surface area (Å²) in [6.07, 6.45) is 1.23. The minimum atomic E-state index is 0.674. The average molecular weight is 287 g/mol. The quantitative estimate of drug-likeness (QED) is 0.910. The number of nitrogens with two attached hydrogens (primary N) is 1. The van der Waals surface area contributed by atoms with Crippen molar-refractivity contribution >= 4 is 15.9 Å². The van der Waals surface area contributed by atoms with E-state index in [9.17, 15) is 0 Å². The molecule has 1 aromatic rings. The van der Waals surface area contributed by atoms with Gasteiger partial charge < -0.3 is 5.73 Å². The predicted molar refractivity (Wildman–Crippen MR) is 68.1 cm³/mol. The van der Waals surface area contributed by atoms with E-state index in [-0.39, 0.29) is 0 Å². The first-order valence-corrected chi connectivity index (χ1v) is 6.51. The summed E-state index contributed by atoms with van der Waals surface area (Å²) in [4.78, 5) is 2.46. The van der Waals surface area contributed by atoms with Crippen LogP contribution in [0.1, 0.15) is 17.8 Å². The van der Waals surface area contributed by atoms with Crippen LogP contribution < -0.4 is 5.73 Å². The molecule has 5 heteroatoms. The molecule has 16 heavy (non-hydrogen) atoms. The lowest BCUT2D eigenvalue weighted by atomic mass is 10.1. The Bertz CT molecular complexity index is 374. The van der Waals surface area contributed by atoms with Crippen molar-refractivity contribution in [2.75, 3.05) is 19.6 Å². The molecule has 1 aliphatic rings. The summed E-state index contributed by atoms with van der Waals surface area (Å²) in [6.45, 7) is 6.07. The molecule has 1 fully saturated rings. The molecule has 0 aromatic carbocycles. The van der Waals surface area contributed by atoms with Crippen LogP contribution in [0.25, 0.3) is 0 Å². The molecule has 1 aromatic heterocycles. The van der Waals surface area contributed by atoms with Gasteiger partial charge in [0.15, 0.2) is 0 Å². The van der Waals surface area contributed by atoms with Gasteiger partial charge in [-0.25, -0.2) is 0 Å². The molecule has 1 aliphatic heterocycles. The minimum absolute atomic E-state index is 0.674. The van der Waals surface area contributed by atoms with Crippen molar-refractivity contribution in [3.8, 4) is 0 Å². The number of rotatable bonds is 3. The zero-order chi connectivity index (χ0) is 11.7. The highest BCUT2D eigenvalue weighted by atomic mass is 79.9. The maximum Gasteiger partial charge on any atom is 0.0739 e. The van der Waals surface area contributed by atoms with Gasteiger partial charge in [0.1, 0.15) is 0 Å². The SMILES string of the molecule is Cc1nn(C)c(CN2CCC(CN)C2)c1Br. The number of hydrogen-bond acceptors (Lipinski definition) is 3. The van der Waals surface area contributed by atoms with Crippen LogP contribution in [-0.4, -0.2) is 34.3 Å². The molecule has 0 aliphatic carbocycles. The van der Waals surface area contributed by atoms with Gasteiger partial charge in [-0.2, -0.15) is 5.10 Å². The van der Waals surface area contributed by atoms with E-state index in [0.29, 0.717) is 5.92 Å². The molecule has 1 saturated heterocycles. The molecule has 1 unspecified atom stereocenters. The standard InChI is InChI=1S/C11H19BrN4/c1-8-11(12)10(15(2)14-8)7-16-4-3-9(5-13)6-16/h9H,3-7,13H2,1-2H3. The zero-order valence-electron chi connectivity index (χ0n) is 9.91. The smallest absolute Gasteiger partial charge is 0.0739 e. The Morgan fingerprint density at radius 1 is 1.56 bits per heavy atom. The van der Waals surface area contributed by atoms with Gasteiger partial charge in [0.05, 0.1) is 15.9 Å². The maximum atomic E-state index is 5.70. The van der Waals surface area contributed by atoms with Gasteiger partial charge in [0, 0.05) is 20.1 Å². The van der Waals surface area contributed by atoms with Crippen LogP contribution in [0.3, 0.4) is 0 Å². The van der Waals surface area contributed by atoms with Crippen molar-refractivity contribution in [3.05, 3.63) is 15.9 Å². The Labute approximate surface area is 105 Å². The Hall–Kier alpha value is -0.390. The second-order valence-corrected chi connectivity index (χ2v) is 5.39. The Balaban J connectivity index is 2.04. The summed E-state index contributed by atoms with van der Waals surface area (Å²) >= 11 is 3.61. The second-order valence-electron chi connectivity index (χ2n) is 4.60. The highest BCUT2D eigenvalue weighted by molar-refractivity contribution is 9.10. The molecule has 0 amide bonds. The number of aryl methyl sites for hydroxylation is 2. The van der Waals surface area contributed by atoms with Gasteiger partial charge in [-0.1, -0.05) is 0 Å². The van der Waals surface area contributed by atoms with E-state index < -0.39 is 0 Å². The van der Waals surface area contributed by atoms with E-state index in [4.69, 9.17) is 5.73 Å². The molecule has 0 radical (unpaired) electrons. The molecule has 0 saturated carbocycles. The number of nitrogens with zero attached hydrogens (tertiary/aromatic N) is 3. The topological polar surface area (TPSA) is 47.1 Å². The molecule has 2 N–H and O–H groups in total. The van der Waals surface area contributed by atoms with Gasteiger partial charge in [-0.05, 0) is 48.3 Å². The highest BCUT2D eigenvalue weighted by Gasteiger charge is 2.23. The van der Waals surface area contributed by atoms with E-state index in [0.717, 1.165) is 36.3 Å².